The average molecular weight is 238 g/mol. The molecular weight excluding hydrogens is 220 g/mol. The van der Waals surface area contributed by atoms with Crippen LogP contribution >= 0.6 is 11.3 Å². The summed E-state index contributed by atoms with van der Waals surface area (Å²) in [5.41, 5.74) is 0. The van der Waals surface area contributed by atoms with Gasteiger partial charge in [0.05, 0.1) is 9.88 Å². The van der Waals surface area contributed by atoms with E-state index in [0.29, 0.717) is 12.0 Å². The van der Waals surface area contributed by atoms with E-state index in [2.05, 4.69) is 23.7 Å². The summed E-state index contributed by atoms with van der Waals surface area (Å²) in [4.78, 5) is 18.2. The number of nitrogens with zero attached hydrogens (tertiary/aromatic N) is 2. The highest BCUT2D eigenvalue weighted by atomic mass is 32.1. The van der Waals surface area contributed by atoms with E-state index in [1.165, 1.54) is 19.4 Å². The fourth-order valence-corrected chi connectivity index (χ4v) is 3.08. The lowest BCUT2D eigenvalue weighted by Gasteiger charge is -2.34. The van der Waals surface area contributed by atoms with Gasteiger partial charge in [-0.15, -0.1) is 11.3 Å². The maximum atomic E-state index is 10.6. The Bertz CT molecular complexity index is 362. The SMILES string of the molecule is CC(C)N1CCCC(c2ncc(C=O)s2)C1. The highest BCUT2D eigenvalue weighted by Gasteiger charge is 2.24. The van der Waals surface area contributed by atoms with E-state index in [-0.39, 0.29) is 0 Å². The number of aldehydes is 1. The van der Waals surface area contributed by atoms with E-state index in [1.54, 1.807) is 17.5 Å². The van der Waals surface area contributed by atoms with Crippen molar-refractivity contribution in [2.45, 2.75) is 38.6 Å². The van der Waals surface area contributed by atoms with Crippen LogP contribution in [0.15, 0.2) is 6.20 Å². The average Bonchev–Trinajstić information content (AvgIpc) is 2.77. The summed E-state index contributed by atoms with van der Waals surface area (Å²) in [7, 11) is 0. The molecule has 0 spiro atoms. The van der Waals surface area contributed by atoms with Crippen molar-refractivity contribution in [2.24, 2.45) is 0 Å². The second-order valence-corrected chi connectivity index (χ2v) is 5.74. The number of aromatic nitrogens is 1. The smallest absolute Gasteiger partial charge is 0.161 e. The van der Waals surface area contributed by atoms with E-state index < -0.39 is 0 Å². The molecule has 0 saturated carbocycles. The van der Waals surface area contributed by atoms with Crippen LogP contribution in [0.25, 0.3) is 0 Å². The molecule has 1 atom stereocenters. The minimum atomic E-state index is 0.523. The van der Waals surface area contributed by atoms with Crippen molar-refractivity contribution in [3.63, 3.8) is 0 Å². The molecule has 3 nitrogen and oxygen atoms in total. The maximum absolute atomic E-state index is 10.6. The number of hydrogen-bond donors (Lipinski definition) is 0. The quantitative estimate of drug-likeness (QED) is 0.759. The van der Waals surface area contributed by atoms with E-state index in [1.807, 2.05) is 0 Å². The second-order valence-electron chi connectivity index (χ2n) is 4.65. The van der Waals surface area contributed by atoms with Gasteiger partial charge >= 0.3 is 0 Å². The Morgan fingerprint density at radius 2 is 2.44 bits per heavy atom. The lowest BCUT2D eigenvalue weighted by atomic mass is 9.98. The van der Waals surface area contributed by atoms with Crippen LogP contribution in [0.2, 0.25) is 0 Å². The molecule has 4 heteroatoms. The normalized spacial score (nSPS) is 22.6. The molecule has 2 heterocycles. The molecule has 0 aromatic carbocycles. The number of thiazole rings is 1. The molecule has 0 N–H and O–H groups in total. The molecule has 1 aliphatic heterocycles. The highest BCUT2D eigenvalue weighted by molar-refractivity contribution is 7.13. The lowest BCUT2D eigenvalue weighted by Crippen LogP contribution is -2.39. The Hall–Kier alpha value is -0.740. The number of piperidine rings is 1. The van der Waals surface area contributed by atoms with Gasteiger partial charge in [0.1, 0.15) is 0 Å². The Labute approximate surface area is 100 Å². The summed E-state index contributed by atoms with van der Waals surface area (Å²) in [5, 5.41) is 1.13. The molecule has 2 rings (SSSR count). The first kappa shape index (κ1) is 11.7. The van der Waals surface area contributed by atoms with Crippen LogP contribution < -0.4 is 0 Å². The van der Waals surface area contributed by atoms with Gasteiger partial charge in [0.25, 0.3) is 0 Å². The molecule has 1 saturated heterocycles. The third kappa shape index (κ3) is 2.50. The molecule has 1 aromatic rings. The van der Waals surface area contributed by atoms with Crippen LogP contribution in [0, 0.1) is 0 Å². The van der Waals surface area contributed by atoms with Gasteiger partial charge < -0.3 is 4.90 Å². The van der Waals surface area contributed by atoms with Gasteiger partial charge in [0.15, 0.2) is 6.29 Å². The minimum Gasteiger partial charge on any atom is -0.300 e. The Balaban J connectivity index is 2.06. The van der Waals surface area contributed by atoms with Gasteiger partial charge in [-0.2, -0.15) is 0 Å². The van der Waals surface area contributed by atoms with E-state index >= 15 is 0 Å². The Morgan fingerprint density at radius 1 is 1.62 bits per heavy atom. The van der Waals surface area contributed by atoms with Crippen LogP contribution in [0.4, 0.5) is 0 Å². The van der Waals surface area contributed by atoms with Gasteiger partial charge in [-0.1, -0.05) is 0 Å². The van der Waals surface area contributed by atoms with Crippen molar-refractivity contribution in [1.29, 1.82) is 0 Å². The molecule has 88 valence electrons. The second kappa shape index (κ2) is 5.06. The van der Waals surface area contributed by atoms with Crippen molar-refractivity contribution in [3.8, 4) is 0 Å². The molecule has 0 radical (unpaired) electrons. The zero-order chi connectivity index (χ0) is 11.5. The monoisotopic (exact) mass is 238 g/mol. The van der Waals surface area contributed by atoms with Gasteiger partial charge in [-0.25, -0.2) is 4.98 Å². The maximum Gasteiger partial charge on any atom is 0.161 e. The first-order chi connectivity index (χ1) is 7.70. The molecule has 0 bridgehead atoms. The van der Waals surface area contributed by atoms with Gasteiger partial charge in [0, 0.05) is 24.7 Å². The first-order valence-corrected chi connectivity index (χ1v) is 6.67. The highest BCUT2D eigenvalue weighted by Crippen LogP contribution is 2.30. The van der Waals surface area contributed by atoms with E-state index in [4.69, 9.17) is 0 Å². The van der Waals surface area contributed by atoms with Crippen LogP contribution in [0.5, 0.6) is 0 Å². The molecule has 0 amide bonds. The summed E-state index contributed by atoms with van der Waals surface area (Å²) in [6.45, 7) is 6.76. The summed E-state index contributed by atoms with van der Waals surface area (Å²) >= 11 is 1.55. The predicted molar refractivity (Wildman–Crippen MR) is 66.2 cm³/mol. The largest absolute Gasteiger partial charge is 0.300 e. The van der Waals surface area contributed by atoms with Crippen molar-refractivity contribution < 1.29 is 4.79 Å². The minimum absolute atomic E-state index is 0.523. The van der Waals surface area contributed by atoms with Crippen LogP contribution in [-0.2, 0) is 0 Å². The summed E-state index contributed by atoms with van der Waals surface area (Å²) < 4.78 is 0. The van der Waals surface area contributed by atoms with Crippen LogP contribution in [0.1, 0.15) is 47.3 Å². The molecule has 1 aromatic heterocycles. The van der Waals surface area contributed by atoms with E-state index in [0.717, 1.165) is 22.7 Å². The lowest BCUT2D eigenvalue weighted by molar-refractivity contribution is 0.112. The number of carbonyl (C=O) groups is 1. The topological polar surface area (TPSA) is 33.2 Å². The fourth-order valence-electron chi connectivity index (χ4n) is 2.22. The zero-order valence-corrected chi connectivity index (χ0v) is 10.7. The number of rotatable bonds is 3. The number of likely N-dealkylation sites (tertiary alicyclic amines) is 1. The molecule has 1 aliphatic rings. The zero-order valence-electron chi connectivity index (χ0n) is 9.85. The van der Waals surface area contributed by atoms with Crippen molar-refractivity contribution in [1.82, 2.24) is 9.88 Å². The molecular formula is C12H18N2OS. The Morgan fingerprint density at radius 3 is 3.06 bits per heavy atom. The summed E-state index contributed by atoms with van der Waals surface area (Å²) in [6, 6.07) is 0.605. The van der Waals surface area contributed by atoms with E-state index in [9.17, 15) is 4.79 Å². The van der Waals surface area contributed by atoms with Gasteiger partial charge in [-0.3, -0.25) is 4.79 Å². The third-order valence-corrected chi connectivity index (χ3v) is 4.28. The van der Waals surface area contributed by atoms with Crippen molar-refractivity contribution in [3.05, 3.63) is 16.1 Å². The van der Waals surface area contributed by atoms with Crippen molar-refractivity contribution >= 4 is 17.6 Å². The number of carbonyl (C=O) groups excluding carboxylic acids is 1. The summed E-state index contributed by atoms with van der Waals surface area (Å²) in [6.07, 6.45) is 5.03. The van der Waals surface area contributed by atoms with Crippen LogP contribution in [0.3, 0.4) is 0 Å². The van der Waals surface area contributed by atoms with Gasteiger partial charge in [-0.05, 0) is 33.2 Å². The van der Waals surface area contributed by atoms with Crippen LogP contribution in [-0.4, -0.2) is 35.3 Å². The Kier molecular flexibility index (Phi) is 3.71. The standard InChI is InChI=1S/C12H18N2OS/c1-9(2)14-5-3-4-10(7-14)12-13-6-11(8-15)16-12/h6,8-10H,3-5,7H2,1-2H3. The molecule has 1 fully saturated rings. The van der Waals surface area contributed by atoms with Gasteiger partial charge in [0.2, 0.25) is 0 Å². The fraction of sp³-hybridized carbons (Fsp3) is 0.667. The third-order valence-electron chi connectivity index (χ3n) is 3.19. The molecule has 1 unspecified atom stereocenters. The summed E-state index contributed by atoms with van der Waals surface area (Å²) in [5.74, 6) is 0.523. The van der Waals surface area contributed by atoms with Crippen molar-refractivity contribution in [2.75, 3.05) is 13.1 Å². The first-order valence-electron chi connectivity index (χ1n) is 5.85. The molecule has 16 heavy (non-hydrogen) atoms. The number of hydrogen-bond acceptors (Lipinski definition) is 4. The predicted octanol–water partition coefficient (Wildman–Crippen LogP) is 2.54. The molecule has 0 aliphatic carbocycles.